The number of amides is 1. The van der Waals surface area contributed by atoms with Crippen molar-refractivity contribution in [3.63, 3.8) is 0 Å². The van der Waals surface area contributed by atoms with Crippen molar-refractivity contribution in [1.82, 2.24) is 4.98 Å². The van der Waals surface area contributed by atoms with Gasteiger partial charge < -0.3 is 9.47 Å². The lowest BCUT2D eigenvalue weighted by atomic mass is 10.1. The normalized spacial score (nSPS) is 16.9. The maximum atomic E-state index is 11.9. The SMILES string of the molecule is COc1cccc(-c2csc(N3C(=O)OCC3(C)C)n2)c1. The first-order valence-electron chi connectivity index (χ1n) is 6.58. The number of aromatic nitrogens is 1. The highest BCUT2D eigenvalue weighted by Crippen LogP contribution is 2.35. The Morgan fingerprint density at radius 2 is 2.24 bits per heavy atom. The van der Waals surface area contributed by atoms with Crippen molar-refractivity contribution >= 4 is 22.6 Å². The molecule has 1 saturated heterocycles. The average Bonchev–Trinajstić information content (AvgIpc) is 3.04. The number of cyclic esters (lactones) is 1. The molecule has 3 rings (SSSR count). The number of methoxy groups -OCH3 is 1. The largest absolute Gasteiger partial charge is 0.497 e. The first-order valence-corrected chi connectivity index (χ1v) is 7.46. The van der Waals surface area contributed by atoms with E-state index in [4.69, 9.17) is 9.47 Å². The number of nitrogens with zero attached hydrogens (tertiary/aromatic N) is 2. The number of thiazole rings is 1. The number of rotatable bonds is 3. The van der Waals surface area contributed by atoms with Crippen molar-refractivity contribution in [2.45, 2.75) is 19.4 Å². The highest BCUT2D eigenvalue weighted by atomic mass is 32.1. The molecule has 2 heterocycles. The van der Waals surface area contributed by atoms with E-state index in [9.17, 15) is 4.79 Å². The molecule has 110 valence electrons. The predicted octanol–water partition coefficient (Wildman–Crippen LogP) is 3.55. The second-order valence-corrected chi connectivity index (χ2v) is 6.29. The van der Waals surface area contributed by atoms with E-state index in [0.717, 1.165) is 17.0 Å². The molecule has 0 radical (unpaired) electrons. The van der Waals surface area contributed by atoms with Crippen molar-refractivity contribution in [3.05, 3.63) is 29.6 Å². The molecule has 1 aliphatic rings. The van der Waals surface area contributed by atoms with Gasteiger partial charge in [-0.15, -0.1) is 11.3 Å². The van der Waals surface area contributed by atoms with E-state index in [1.165, 1.54) is 11.3 Å². The number of ether oxygens (including phenoxy) is 2. The van der Waals surface area contributed by atoms with Crippen molar-refractivity contribution in [3.8, 4) is 17.0 Å². The molecule has 0 N–H and O–H groups in total. The first-order chi connectivity index (χ1) is 10.0. The summed E-state index contributed by atoms with van der Waals surface area (Å²) in [6.07, 6.45) is -0.341. The summed E-state index contributed by atoms with van der Waals surface area (Å²) in [4.78, 5) is 18.1. The number of carbonyl (C=O) groups excluding carboxylic acids is 1. The Kier molecular flexibility index (Phi) is 3.33. The molecule has 0 aliphatic carbocycles. The minimum atomic E-state index is -0.374. The maximum absolute atomic E-state index is 11.9. The van der Waals surface area contributed by atoms with Crippen LogP contribution in [0.25, 0.3) is 11.3 Å². The third kappa shape index (κ3) is 2.47. The zero-order chi connectivity index (χ0) is 15.0. The molecule has 0 saturated carbocycles. The zero-order valence-corrected chi connectivity index (χ0v) is 12.9. The smallest absolute Gasteiger partial charge is 0.416 e. The molecule has 0 bridgehead atoms. The summed E-state index contributed by atoms with van der Waals surface area (Å²) in [5.74, 6) is 0.781. The fourth-order valence-electron chi connectivity index (χ4n) is 2.23. The van der Waals surface area contributed by atoms with Gasteiger partial charge in [-0.05, 0) is 26.0 Å². The summed E-state index contributed by atoms with van der Waals surface area (Å²) in [5.41, 5.74) is 1.41. The molecule has 1 aromatic carbocycles. The van der Waals surface area contributed by atoms with Gasteiger partial charge in [-0.3, -0.25) is 0 Å². The number of hydrogen-bond acceptors (Lipinski definition) is 5. The van der Waals surface area contributed by atoms with Gasteiger partial charge in [0, 0.05) is 10.9 Å². The van der Waals surface area contributed by atoms with Gasteiger partial charge in [0.15, 0.2) is 5.13 Å². The van der Waals surface area contributed by atoms with Crippen LogP contribution in [0, 0.1) is 0 Å². The Morgan fingerprint density at radius 1 is 1.43 bits per heavy atom. The van der Waals surface area contributed by atoms with Gasteiger partial charge in [0.25, 0.3) is 0 Å². The van der Waals surface area contributed by atoms with E-state index in [1.807, 2.05) is 43.5 Å². The Labute approximate surface area is 127 Å². The van der Waals surface area contributed by atoms with Gasteiger partial charge in [0.2, 0.25) is 0 Å². The Hall–Kier alpha value is -2.08. The quantitative estimate of drug-likeness (QED) is 0.870. The van der Waals surface area contributed by atoms with Gasteiger partial charge in [0.1, 0.15) is 12.4 Å². The Bertz CT molecular complexity index is 681. The molecule has 5 nitrogen and oxygen atoms in total. The topological polar surface area (TPSA) is 51.7 Å². The van der Waals surface area contributed by atoms with Crippen molar-refractivity contribution < 1.29 is 14.3 Å². The molecular weight excluding hydrogens is 288 g/mol. The minimum Gasteiger partial charge on any atom is -0.497 e. The van der Waals surface area contributed by atoms with Gasteiger partial charge in [0.05, 0.1) is 18.3 Å². The molecule has 0 spiro atoms. The predicted molar refractivity (Wildman–Crippen MR) is 82.0 cm³/mol. The van der Waals surface area contributed by atoms with Gasteiger partial charge in [-0.1, -0.05) is 12.1 Å². The van der Waals surface area contributed by atoms with Crippen molar-refractivity contribution in [2.24, 2.45) is 0 Å². The summed E-state index contributed by atoms with van der Waals surface area (Å²) in [6, 6.07) is 7.69. The van der Waals surface area contributed by atoms with Gasteiger partial charge in [-0.2, -0.15) is 0 Å². The number of benzene rings is 1. The first kappa shape index (κ1) is 13.9. The second-order valence-electron chi connectivity index (χ2n) is 5.45. The van der Waals surface area contributed by atoms with Crippen LogP contribution in [0.15, 0.2) is 29.6 Å². The van der Waals surface area contributed by atoms with Crippen LogP contribution in [0.3, 0.4) is 0 Å². The Balaban J connectivity index is 1.95. The lowest BCUT2D eigenvalue weighted by Crippen LogP contribution is -2.42. The van der Waals surface area contributed by atoms with Crippen LogP contribution in [0.5, 0.6) is 5.75 Å². The fraction of sp³-hybridized carbons (Fsp3) is 0.333. The molecule has 0 unspecified atom stereocenters. The van der Waals surface area contributed by atoms with Crippen LogP contribution in [0.2, 0.25) is 0 Å². The van der Waals surface area contributed by atoms with E-state index in [-0.39, 0.29) is 11.6 Å². The van der Waals surface area contributed by atoms with Crippen molar-refractivity contribution in [1.29, 1.82) is 0 Å². The number of hydrogen-bond donors (Lipinski definition) is 0. The van der Waals surface area contributed by atoms with Gasteiger partial charge >= 0.3 is 6.09 Å². The van der Waals surface area contributed by atoms with Gasteiger partial charge in [-0.25, -0.2) is 14.7 Å². The monoisotopic (exact) mass is 304 g/mol. The molecule has 1 aromatic heterocycles. The maximum Gasteiger partial charge on any atom is 0.416 e. The van der Waals surface area contributed by atoms with E-state index < -0.39 is 0 Å². The lowest BCUT2D eigenvalue weighted by molar-refractivity contribution is 0.175. The second kappa shape index (κ2) is 5.04. The molecule has 21 heavy (non-hydrogen) atoms. The van der Waals surface area contributed by atoms with E-state index in [2.05, 4.69) is 4.98 Å². The third-order valence-electron chi connectivity index (χ3n) is 3.39. The number of anilines is 1. The zero-order valence-electron chi connectivity index (χ0n) is 12.1. The number of carbonyl (C=O) groups is 1. The van der Waals surface area contributed by atoms with Crippen LogP contribution in [0.4, 0.5) is 9.93 Å². The molecule has 0 atom stereocenters. The Morgan fingerprint density at radius 3 is 2.90 bits per heavy atom. The van der Waals surface area contributed by atoms with E-state index in [0.29, 0.717) is 11.7 Å². The third-order valence-corrected chi connectivity index (χ3v) is 4.21. The van der Waals surface area contributed by atoms with Crippen LogP contribution in [0.1, 0.15) is 13.8 Å². The molecule has 2 aromatic rings. The highest BCUT2D eigenvalue weighted by Gasteiger charge is 2.42. The summed E-state index contributed by atoms with van der Waals surface area (Å²) >= 11 is 1.43. The summed E-state index contributed by atoms with van der Waals surface area (Å²) in [5, 5.41) is 2.59. The van der Waals surface area contributed by atoms with E-state index in [1.54, 1.807) is 12.0 Å². The molecule has 1 amide bonds. The van der Waals surface area contributed by atoms with Crippen LogP contribution in [-0.2, 0) is 4.74 Å². The lowest BCUT2D eigenvalue weighted by Gasteiger charge is -2.24. The molecule has 1 fully saturated rings. The highest BCUT2D eigenvalue weighted by molar-refractivity contribution is 7.14. The fourth-order valence-corrected chi connectivity index (χ4v) is 3.22. The van der Waals surface area contributed by atoms with Crippen molar-refractivity contribution in [2.75, 3.05) is 18.6 Å². The minimum absolute atomic E-state index is 0.341. The summed E-state index contributed by atoms with van der Waals surface area (Å²) < 4.78 is 10.3. The van der Waals surface area contributed by atoms with E-state index >= 15 is 0 Å². The molecule has 6 heteroatoms. The molecular formula is C15H16N2O3S. The van der Waals surface area contributed by atoms with Crippen LogP contribution >= 0.6 is 11.3 Å². The molecule has 1 aliphatic heterocycles. The average molecular weight is 304 g/mol. The summed E-state index contributed by atoms with van der Waals surface area (Å²) in [6.45, 7) is 4.30. The van der Waals surface area contributed by atoms with Crippen LogP contribution in [-0.4, -0.2) is 30.3 Å². The summed E-state index contributed by atoms with van der Waals surface area (Å²) in [7, 11) is 1.63. The standard InChI is InChI=1S/C15H16N2O3S/c1-15(2)9-20-14(18)17(15)13-16-12(8-21-13)10-5-4-6-11(7-10)19-3/h4-8H,9H2,1-3H3. The van der Waals surface area contributed by atoms with Crippen LogP contribution < -0.4 is 9.64 Å².